The van der Waals surface area contributed by atoms with Crippen molar-refractivity contribution in [3.8, 4) is 28.1 Å². The number of carbonyl (C=O) groups is 1. The van der Waals surface area contributed by atoms with Crippen molar-refractivity contribution in [1.82, 2.24) is 13.9 Å². The van der Waals surface area contributed by atoms with Crippen LogP contribution >= 0.6 is 0 Å². The molecular weight excluding hydrogens is 484 g/mol. The van der Waals surface area contributed by atoms with Crippen LogP contribution in [0.5, 0.6) is 5.75 Å². The van der Waals surface area contributed by atoms with Crippen molar-refractivity contribution in [2.45, 2.75) is 51.4 Å². The number of nitrogens with zero attached hydrogens (tertiary/aromatic N) is 4. The standard InChI is InChI=1S/C25H28N4O6S/c1-5-35-25(31)21-14-28-22(10-23(21)30)19-9-24(34-4)20(8-16(19)12-27(28)15(2)3)17-11-26-29(13-17)36(32,33)18-6-7-18/h8-11,13-15,18H,5-7,12H2,1-4H3. The van der Waals surface area contributed by atoms with E-state index in [1.165, 1.54) is 31.8 Å². The third-order valence-corrected chi connectivity index (χ3v) is 8.55. The highest BCUT2D eigenvalue weighted by Gasteiger charge is 2.38. The molecule has 0 saturated heterocycles. The van der Waals surface area contributed by atoms with E-state index in [0.717, 1.165) is 15.2 Å². The van der Waals surface area contributed by atoms with E-state index in [0.29, 0.717) is 42.0 Å². The maximum absolute atomic E-state index is 12.9. The first kappa shape index (κ1) is 24.1. The van der Waals surface area contributed by atoms with Crippen LogP contribution in [-0.2, 0) is 21.3 Å². The number of benzene rings is 1. The van der Waals surface area contributed by atoms with Crippen LogP contribution in [0.25, 0.3) is 22.4 Å². The summed E-state index contributed by atoms with van der Waals surface area (Å²) in [6.07, 6.45) is 5.89. The Bertz CT molecular complexity index is 1520. The monoisotopic (exact) mass is 512 g/mol. The summed E-state index contributed by atoms with van der Waals surface area (Å²) in [6, 6.07) is 5.28. The summed E-state index contributed by atoms with van der Waals surface area (Å²) >= 11 is 0. The normalized spacial score (nSPS) is 15.0. The van der Waals surface area contributed by atoms with Gasteiger partial charge in [0.1, 0.15) is 11.3 Å². The Hall–Kier alpha value is -3.60. The lowest BCUT2D eigenvalue weighted by Gasteiger charge is -2.38. The molecule has 10 nitrogen and oxygen atoms in total. The minimum atomic E-state index is -3.49. The van der Waals surface area contributed by atoms with Gasteiger partial charge in [-0.3, -0.25) is 9.47 Å². The fraction of sp³-hybridized carbons (Fsp3) is 0.400. The van der Waals surface area contributed by atoms with Gasteiger partial charge in [-0.2, -0.15) is 9.19 Å². The Morgan fingerprint density at radius 1 is 1.17 bits per heavy atom. The second kappa shape index (κ2) is 8.81. The largest absolute Gasteiger partial charge is 0.496 e. The van der Waals surface area contributed by atoms with Crippen LogP contribution in [0.15, 0.2) is 41.6 Å². The number of rotatable bonds is 7. The fourth-order valence-corrected chi connectivity index (χ4v) is 5.95. The van der Waals surface area contributed by atoms with Crippen molar-refractivity contribution in [2.24, 2.45) is 0 Å². The molecule has 1 fully saturated rings. The predicted molar refractivity (Wildman–Crippen MR) is 134 cm³/mol. The van der Waals surface area contributed by atoms with Crippen LogP contribution in [-0.4, -0.2) is 53.3 Å². The lowest BCUT2D eigenvalue weighted by Crippen LogP contribution is -2.44. The number of aromatic nitrogens is 3. The molecule has 0 bridgehead atoms. The van der Waals surface area contributed by atoms with Crippen molar-refractivity contribution in [3.05, 3.63) is 58.1 Å². The van der Waals surface area contributed by atoms with Crippen molar-refractivity contribution in [3.63, 3.8) is 0 Å². The maximum atomic E-state index is 12.9. The molecule has 0 amide bonds. The van der Waals surface area contributed by atoms with Gasteiger partial charge in [0.15, 0.2) is 5.43 Å². The third-order valence-electron chi connectivity index (χ3n) is 6.51. The smallest absolute Gasteiger partial charge is 0.343 e. The molecule has 3 heterocycles. The Kier molecular flexibility index (Phi) is 5.90. The van der Waals surface area contributed by atoms with Gasteiger partial charge in [0, 0.05) is 35.0 Å². The third kappa shape index (κ3) is 3.97. The van der Waals surface area contributed by atoms with E-state index >= 15 is 0 Å². The van der Waals surface area contributed by atoms with E-state index in [1.807, 2.05) is 35.7 Å². The summed E-state index contributed by atoms with van der Waals surface area (Å²) in [5.74, 6) is -0.137. The highest BCUT2D eigenvalue weighted by atomic mass is 32.2. The van der Waals surface area contributed by atoms with Crippen molar-refractivity contribution in [2.75, 3.05) is 18.7 Å². The molecule has 1 aromatic carbocycles. The Morgan fingerprint density at radius 3 is 2.56 bits per heavy atom. The zero-order chi connectivity index (χ0) is 25.8. The van der Waals surface area contributed by atoms with Crippen molar-refractivity contribution < 1.29 is 22.7 Å². The van der Waals surface area contributed by atoms with Gasteiger partial charge in [-0.15, -0.1) is 0 Å². The maximum Gasteiger partial charge on any atom is 0.343 e. The predicted octanol–water partition coefficient (Wildman–Crippen LogP) is 2.76. The minimum Gasteiger partial charge on any atom is -0.496 e. The molecular formula is C25H28N4O6S. The second-order valence-corrected chi connectivity index (χ2v) is 11.3. The zero-order valence-corrected chi connectivity index (χ0v) is 21.4. The number of esters is 1. The Morgan fingerprint density at radius 2 is 1.92 bits per heavy atom. The topological polar surface area (TPSA) is 113 Å². The Balaban J connectivity index is 1.64. The molecule has 11 heteroatoms. The zero-order valence-electron chi connectivity index (χ0n) is 20.6. The first-order valence-corrected chi connectivity index (χ1v) is 13.4. The number of pyridine rings is 1. The molecule has 1 saturated carbocycles. The van der Waals surface area contributed by atoms with Crippen LogP contribution in [0.4, 0.5) is 0 Å². The highest BCUT2D eigenvalue weighted by Crippen LogP contribution is 2.40. The van der Waals surface area contributed by atoms with Gasteiger partial charge in [-0.1, -0.05) is 0 Å². The van der Waals surface area contributed by atoms with Crippen LogP contribution in [0.1, 0.15) is 49.5 Å². The molecule has 0 N–H and O–H groups in total. The lowest BCUT2D eigenvalue weighted by atomic mass is 9.95. The van der Waals surface area contributed by atoms with Crippen LogP contribution in [0.2, 0.25) is 0 Å². The molecule has 1 aliphatic heterocycles. The van der Waals surface area contributed by atoms with E-state index in [-0.39, 0.29) is 23.5 Å². The number of ether oxygens (including phenoxy) is 2. The molecule has 36 heavy (non-hydrogen) atoms. The van der Waals surface area contributed by atoms with E-state index in [1.54, 1.807) is 6.92 Å². The average Bonchev–Trinajstić information content (AvgIpc) is 3.59. The second-order valence-electron chi connectivity index (χ2n) is 9.25. The number of hydrogen-bond donors (Lipinski definition) is 0. The minimum absolute atomic E-state index is 0.0254. The van der Waals surface area contributed by atoms with Gasteiger partial charge in [0.2, 0.25) is 0 Å². The first-order valence-electron chi connectivity index (χ1n) is 11.9. The van der Waals surface area contributed by atoms with E-state index in [4.69, 9.17) is 9.47 Å². The lowest BCUT2D eigenvalue weighted by molar-refractivity contribution is 0.0523. The molecule has 0 unspecified atom stereocenters. The summed E-state index contributed by atoms with van der Waals surface area (Å²) in [4.78, 5) is 25.2. The average molecular weight is 513 g/mol. The number of methoxy groups -OCH3 is 1. The molecule has 0 radical (unpaired) electrons. The molecule has 5 rings (SSSR count). The van der Waals surface area contributed by atoms with Gasteiger partial charge in [0.05, 0.1) is 43.6 Å². The van der Waals surface area contributed by atoms with Crippen molar-refractivity contribution in [1.29, 1.82) is 0 Å². The van der Waals surface area contributed by atoms with E-state index in [2.05, 4.69) is 5.10 Å². The summed E-state index contributed by atoms with van der Waals surface area (Å²) < 4.78 is 38.9. The van der Waals surface area contributed by atoms with Crippen LogP contribution in [0, 0.1) is 0 Å². The van der Waals surface area contributed by atoms with Gasteiger partial charge in [0.25, 0.3) is 10.0 Å². The molecule has 0 atom stereocenters. The van der Waals surface area contributed by atoms with Gasteiger partial charge < -0.3 is 14.5 Å². The van der Waals surface area contributed by atoms with Crippen LogP contribution < -0.4 is 15.2 Å². The fourth-order valence-electron chi connectivity index (χ4n) is 4.47. The molecule has 2 aliphatic rings. The number of carbonyl (C=O) groups excluding carboxylic acids is 1. The quantitative estimate of drug-likeness (QED) is 0.444. The molecule has 1 aliphatic carbocycles. The summed E-state index contributed by atoms with van der Waals surface area (Å²) in [7, 11) is -1.95. The summed E-state index contributed by atoms with van der Waals surface area (Å²) in [5.41, 5.74) is 3.22. The molecule has 190 valence electrons. The van der Waals surface area contributed by atoms with E-state index in [9.17, 15) is 18.0 Å². The molecule has 3 aromatic rings. The SMILES string of the molecule is CCOC(=O)c1cn2c(cc1=O)-c1cc(OC)c(-c3cnn(S(=O)(=O)C4CC4)c3)cc1CN2C(C)C. The van der Waals surface area contributed by atoms with Gasteiger partial charge in [-0.05, 0) is 51.3 Å². The van der Waals surface area contributed by atoms with Gasteiger partial charge >= 0.3 is 5.97 Å². The van der Waals surface area contributed by atoms with E-state index < -0.39 is 21.4 Å². The number of hydrogen-bond acceptors (Lipinski definition) is 8. The summed E-state index contributed by atoms with van der Waals surface area (Å²) in [5, 5.41) is 5.79. The first-order chi connectivity index (χ1) is 17.1. The highest BCUT2D eigenvalue weighted by molar-refractivity contribution is 7.90. The number of fused-ring (bicyclic) bond motifs is 3. The summed E-state index contributed by atoms with van der Waals surface area (Å²) in [6.45, 7) is 6.41. The van der Waals surface area contributed by atoms with Crippen LogP contribution in [0.3, 0.4) is 0 Å². The van der Waals surface area contributed by atoms with Crippen molar-refractivity contribution >= 4 is 16.0 Å². The molecule has 2 aromatic heterocycles. The van der Waals surface area contributed by atoms with Gasteiger partial charge in [-0.25, -0.2) is 13.2 Å². The Labute approximate surface area is 209 Å². The molecule has 0 spiro atoms.